The van der Waals surface area contributed by atoms with Gasteiger partial charge in [-0.25, -0.2) is 0 Å². The number of aryl methyl sites for hydroxylation is 1. The number of fused-ring (bicyclic) bond motifs is 3. The molecule has 5 rings (SSSR count). The molecule has 3 nitrogen and oxygen atoms in total. The predicted molar refractivity (Wildman–Crippen MR) is 97.5 cm³/mol. The molecule has 0 saturated carbocycles. The van der Waals surface area contributed by atoms with Crippen molar-refractivity contribution in [2.45, 2.75) is 30.6 Å². The highest BCUT2D eigenvalue weighted by Crippen LogP contribution is 2.44. The van der Waals surface area contributed by atoms with Crippen LogP contribution in [-0.2, 0) is 17.7 Å². The number of alkyl halides is 1. The molecule has 4 heteroatoms. The summed E-state index contributed by atoms with van der Waals surface area (Å²) in [6.07, 6.45) is 3.97. The van der Waals surface area contributed by atoms with E-state index in [2.05, 4.69) is 0 Å². The fourth-order valence-electron chi connectivity index (χ4n) is 4.36. The average Bonchev–Trinajstić information content (AvgIpc) is 3.00. The summed E-state index contributed by atoms with van der Waals surface area (Å²) in [6.45, 7) is 0. The Bertz CT molecular complexity index is 1050. The number of benzene rings is 2. The van der Waals surface area contributed by atoms with E-state index >= 15 is 0 Å². The van der Waals surface area contributed by atoms with E-state index in [-0.39, 0.29) is 11.7 Å². The Labute approximate surface area is 150 Å². The van der Waals surface area contributed by atoms with Crippen molar-refractivity contribution < 1.29 is 9.59 Å². The van der Waals surface area contributed by atoms with Gasteiger partial charge in [-0.1, -0.05) is 54.1 Å². The minimum absolute atomic E-state index is 0.321. The molecule has 0 N–H and O–H groups in total. The Morgan fingerprint density at radius 1 is 0.920 bits per heavy atom. The first kappa shape index (κ1) is 14.9. The van der Waals surface area contributed by atoms with Gasteiger partial charge in [0, 0.05) is 16.6 Å². The number of Topliss-reactive ketones (excluding diaryl/α,β-unsaturated/α-hetero) is 1. The number of para-hydroxylation sites is 1. The second-order valence-electron chi connectivity index (χ2n) is 6.83. The lowest BCUT2D eigenvalue weighted by molar-refractivity contribution is 0.0766. The normalized spacial score (nSPS) is 22.3. The van der Waals surface area contributed by atoms with Crippen LogP contribution < -0.4 is 0 Å². The molecule has 2 aliphatic rings. The van der Waals surface area contributed by atoms with Crippen molar-refractivity contribution in [3.63, 3.8) is 0 Å². The van der Waals surface area contributed by atoms with Gasteiger partial charge >= 0.3 is 0 Å². The molecule has 0 radical (unpaired) electrons. The molecule has 1 aliphatic carbocycles. The lowest BCUT2D eigenvalue weighted by Gasteiger charge is -2.31. The van der Waals surface area contributed by atoms with Crippen molar-refractivity contribution in [1.29, 1.82) is 0 Å². The highest BCUT2D eigenvalue weighted by atomic mass is 35.5. The summed E-state index contributed by atoms with van der Waals surface area (Å²) in [4.78, 5) is 25.1. The fraction of sp³-hybridized carbons (Fsp3) is 0.238. The van der Waals surface area contributed by atoms with Crippen LogP contribution in [0.3, 0.4) is 0 Å². The first-order valence-electron chi connectivity index (χ1n) is 8.63. The number of hydrogen-bond acceptors (Lipinski definition) is 2. The number of nitrogens with zero attached hydrogens (tertiary/aromatic N) is 1. The molecule has 3 aromatic rings. The molecular weight excluding hydrogens is 334 g/mol. The van der Waals surface area contributed by atoms with E-state index in [0.29, 0.717) is 11.1 Å². The summed E-state index contributed by atoms with van der Waals surface area (Å²) >= 11 is 6.79. The summed E-state index contributed by atoms with van der Waals surface area (Å²) in [5.74, 6) is -0.657. The van der Waals surface area contributed by atoms with Crippen LogP contribution >= 0.6 is 11.6 Å². The van der Waals surface area contributed by atoms with Crippen LogP contribution in [0.2, 0.25) is 0 Å². The van der Waals surface area contributed by atoms with Crippen LogP contribution in [0.4, 0.5) is 0 Å². The number of ketones is 1. The summed E-state index contributed by atoms with van der Waals surface area (Å²) in [5.41, 5.74) is 4.07. The molecule has 1 unspecified atom stereocenters. The van der Waals surface area contributed by atoms with Crippen LogP contribution in [0.25, 0.3) is 10.9 Å². The maximum Gasteiger partial charge on any atom is 0.265 e. The molecule has 2 aromatic carbocycles. The standard InChI is InChI=1S/C21H16ClNO2/c22-21(13-7-2-1-3-8-13)19(24)16-11-6-10-15-14-9-4-5-12-17(14)23(18(15)16)20(21)25/h1-3,6-8,10-11H,4-5,9,12H2. The fourth-order valence-corrected chi connectivity index (χ4v) is 4.67. The second kappa shape index (κ2) is 5.06. The molecule has 0 amide bonds. The van der Waals surface area contributed by atoms with E-state index in [0.717, 1.165) is 42.3 Å². The van der Waals surface area contributed by atoms with Gasteiger partial charge < -0.3 is 0 Å². The van der Waals surface area contributed by atoms with Crippen molar-refractivity contribution in [2.24, 2.45) is 0 Å². The number of hydrogen-bond donors (Lipinski definition) is 0. The van der Waals surface area contributed by atoms with Gasteiger partial charge in [0.25, 0.3) is 5.91 Å². The first-order valence-corrected chi connectivity index (χ1v) is 9.01. The van der Waals surface area contributed by atoms with Gasteiger partial charge in [0.05, 0.1) is 5.52 Å². The molecule has 0 fully saturated rings. The second-order valence-corrected chi connectivity index (χ2v) is 7.40. The van der Waals surface area contributed by atoms with Gasteiger partial charge in [-0.3, -0.25) is 14.2 Å². The summed E-state index contributed by atoms with van der Waals surface area (Å²) < 4.78 is 1.74. The Hall–Kier alpha value is -2.39. The van der Waals surface area contributed by atoms with Gasteiger partial charge in [-0.2, -0.15) is 0 Å². The third kappa shape index (κ3) is 1.77. The lowest BCUT2D eigenvalue weighted by atomic mass is 9.85. The van der Waals surface area contributed by atoms with Gasteiger partial charge in [0.15, 0.2) is 5.78 Å². The van der Waals surface area contributed by atoms with Gasteiger partial charge in [0.2, 0.25) is 4.87 Å². The van der Waals surface area contributed by atoms with Gasteiger partial charge in [0.1, 0.15) is 0 Å². The van der Waals surface area contributed by atoms with Crippen molar-refractivity contribution in [3.05, 3.63) is 70.9 Å². The van der Waals surface area contributed by atoms with Crippen LogP contribution in [0.15, 0.2) is 48.5 Å². The molecule has 1 aliphatic heterocycles. The first-order chi connectivity index (χ1) is 12.1. The van der Waals surface area contributed by atoms with Crippen molar-refractivity contribution >= 4 is 34.2 Å². The van der Waals surface area contributed by atoms with Crippen LogP contribution in [0.1, 0.15) is 44.8 Å². The van der Waals surface area contributed by atoms with Crippen molar-refractivity contribution in [1.82, 2.24) is 4.57 Å². The van der Waals surface area contributed by atoms with E-state index in [1.165, 1.54) is 5.56 Å². The quantitative estimate of drug-likeness (QED) is 0.479. The van der Waals surface area contributed by atoms with Crippen LogP contribution in [0, 0.1) is 0 Å². The maximum absolute atomic E-state index is 13.5. The SMILES string of the molecule is O=C1c2cccc3c4c(n(c23)C(=O)C1(Cl)c1ccccc1)CCCC4. The third-order valence-corrected chi connectivity index (χ3v) is 6.07. The van der Waals surface area contributed by atoms with E-state index in [9.17, 15) is 9.59 Å². The molecule has 25 heavy (non-hydrogen) atoms. The number of carbonyl (C=O) groups excluding carboxylic acids is 2. The molecule has 1 atom stereocenters. The topological polar surface area (TPSA) is 39.1 Å². The summed E-state index contributed by atoms with van der Waals surface area (Å²) in [5, 5.41) is 1.03. The highest BCUT2D eigenvalue weighted by Gasteiger charge is 2.52. The minimum Gasteiger partial charge on any atom is -0.291 e. The zero-order valence-electron chi connectivity index (χ0n) is 13.6. The van der Waals surface area contributed by atoms with E-state index in [1.807, 2.05) is 18.2 Å². The number of aromatic nitrogens is 1. The van der Waals surface area contributed by atoms with Gasteiger partial charge in [-0.15, -0.1) is 0 Å². The largest absolute Gasteiger partial charge is 0.291 e. The molecule has 0 saturated heterocycles. The van der Waals surface area contributed by atoms with Gasteiger partial charge in [-0.05, 0) is 42.9 Å². The lowest BCUT2D eigenvalue weighted by Crippen LogP contribution is -2.45. The third-order valence-electron chi connectivity index (χ3n) is 5.52. The summed E-state index contributed by atoms with van der Waals surface area (Å²) in [6, 6.07) is 14.7. The van der Waals surface area contributed by atoms with E-state index in [4.69, 9.17) is 11.6 Å². The predicted octanol–water partition coefficient (Wildman–Crippen LogP) is 4.49. The molecule has 0 bridgehead atoms. The van der Waals surface area contributed by atoms with Crippen molar-refractivity contribution in [2.75, 3.05) is 0 Å². The van der Waals surface area contributed by atoms with Crippen molar-refractivity contribution in [3.8, 4) is 0 Å². The Kier molecular flexibility index (Phi) is 3.02. The Morgan fingerprint density at radius 2 is 1.68 bits per heavy atom. The zero-order valence-corrected chi connectivity index (χ0v) is 14.3. The average molecular weight is 350 g/mol. The zero-order chi connectivity index (χ0) is 17.2. The molecule has 124 valence electrons. The number of halogens is 1. The Morgan fingerprint density at radius 3 is 2.48 bits per heavy atom. The minimum atomic E-state index is -1.69. The molecule has 1 aromatic heterocycles. The van der Waals surface area contributed by atoms with E-state index in [1.54, 1.807) is 34.9 Å². The Balaban J connectivity index is 1.88. The van der Waals surface area contributed by atoms with Crippen LogP contribution in [0.5, 0.6) is 0 Å². The smallest absolute Gasteiger partial charge is 0.265 e. The molecule has 0 spiro atoms. The monoisotopic (exact) mass is 349 g/mol. The summed E-state index contributed by atoms with van der Waals surface area (Å²) in [7, 11) is 0. The molecular formula is C21H16ClNO2. The number of rotatable bonds is 1. The van der Waals surface area contributed by atoms with Crippen LogP contribution in [-0.4, -0.2) is 16.3 Å². The molecule has 2 heterocycles. The number of carbonyl (C=O) groups is 2. The van der Waals surface area contributed by atoms with E-state index < -0.39 is 4.87 Å². The maximum atomic E-state index is 13.5. The highest BCUT2D eigenvalue weighted by molar-refractivity contribution is 6.51.